The number of hydrogen-bond acceptors (Lipinski definition) is 3. The van der Waals surface area contributed by atoms with Gasteiger partial charge in [-0.3, -0.25) is 0 Å². The molecule has 4 heteroatoms. The van der Waals surface area contributed by atoms with E-state index < -0.39 is 0 Å². The molecule has 4 rings (SSSR count). The summed E-state index contributed by atoms with van der Waals surface area (Å²) in [6.45, 7) is 2.04. The van der Waals surface area contributed by atoms with Crippen molar-refractivity contribution in [3.8, 4) is 11.3 Å². The van der Waals surface area contributed by atoms with Crippen molar-refractivity contribution < 1.29 is 0 Å². The van der Waals surface area contributed by atoms with Crippen LogP contribution >= 0.6 is 11.3 Å². The van der Waals surface area contributed by atoms with Crippen molar-refractivity contribution in [1.29, 1.82) is 0 Å². The molecule has 1 aliphatic rings. The smallest absolute Gasteiger partial charge is 0.137 e. The number of hydrogen-bond donors (Lipinski definition) is 1. The van der Waals surface area contributed by atoms with Crippen molar-refractivity contribution in [2.45, 2.75) is 32.6 Å². The number of H-pyrrole nitrogens is 1. The Labute approximate surface area is 127 Å². The van der Waals surface area contributed by atoms with Crippen LogP contribution in [0.4, 0.5) is 0 Å². The molecule has 1 N–H and O–H groups in total. The third-order valence-electron chi connectivity index (χ3n) is 4.09. The summed E-state index contributed by atoms with van der Waals surface area (Å²) >= 11 is 1.69. The Hall–Kier alpha value is -1.94. The summed E-state index contributed by atoms with van der Waals surface area (Å²) in [7, 11) is 0. The predicted molar refractivity (Wildman–Crippen MR) is 88.4 cm³/mol. The molecule has 0 saturated heterocycles. The lowest BCUT2D eigenvalue weighted by atomic mass is 9.94. The maximum Gasteiger partial charge on any atom is 0.137 e. The van der Waals surface area contributed by atoms with E-state index in [2.05, 4.69) is 32.5 Å². The van der Waals surface area contributed by atoms with Crippen molar-refractivity contribution in [3.05, 3.63) is 40.5 Å². The van der Waals surface area contributed by atoms with E-state index in [0.717, 1.165) is 21.9 Å². The number of nitrogens with one attached hydrogen (secondary N) is 1. The van der Waals surface area contributed by atoms with Crippen LogP contribution in [-0.4, -0.2) is 15.0 Å². The van der Waals surface area contributed by atoms with Gasteiger partial charge < -0.3 is 4.98 Å². The average Bonchev–Trinajstić information content (AvgIpc) is 3.13. The fraction of sp³-hybridized carbons (Fsp3) is 0.294. The fourth-order valence-electron chi connectivity index (χ4n) is 2.98. The van der Waals surface area contributed by atoms with Gasteiger partial charge >= 0.3 is 0 Å². The van der Waals surface area contributed by atoms with E-state index in [-0.39, 0.29) is 0 Å². The highest BCUT2D eigenvalue weighted by molar-refractivity contribution is 7.09. The molecule has 0 aromatic carbocycles. The quantitative estimate of drug-likeness (QED) is 0.726. The Morgan fingerprint density at radius 1 is 1.29 bits per heavy atom. The van der Waals surface area contributed by atoms with E-state index in [0.29, 0.717) is 0 Å². The van der Waals surface area contributed by atoms with Gasteiger partial charge in [-0.1, -0.05) is 6.08 Å². The van der Waals surface area contributed by atoms with Crippen molar-refractivity contribution in [1.82, 2.24) is 15.0 Å². The second kappa shape index (κ2) is 5.11. The number of allylic oxidation sites excluding steroid dienone is 2. The molecule has 3 aromatic rings. The number of fused-ring (bicyclic) bond motifs is 1. The summed E-state index contributed by atoms with van der Waals surface area (Å²) in [4.78, 5) is 12.5. The molecule has 1 aliphatic carbocycles. The first kappa shape index (κ1) is 12.8. The van der Waals surface area contributed by atoms with E-state index in [9.17, 15) is 0 Å². The Morgan fingerprint density at radius 3 is 3.00 bits per heavy atom. The highest BCUT2D eigenvalue weighted by Crippen LogP contribution is 2.32. The van der Waals surface area contributed by atoms with Crippen molar-refractivity contribution in [2.75, 3.05) is 0 Å². The normalized spacial score (nSPS) is 15.4. The number of aromatic nitrogens is 3. The summed E-state index contributed by atoms with van der Waals surface area (Å²) in [5.41, 5.74) is 5.84. The monoisotopic (exact) mass is 295 g/mol. The van der Waals surface area contributed by atoms with Gasteiger partial charge in [-0.2, -0.15) is 0 Å². The predicted octanol–water partition coefficient (Wildman–Crippen LogP) is 4.95. The van der Waals surface area contributed by atoms with Crippen LogP contribution in [0.3, 0.4) is 0 Å². The summed E-state index contributed by atoms with van der Waals surface area (Å²) in [6, 6.07) is 2.26. The van der Waals surface area contributed by atoms with Crippen LogP contribution in [0.25, 0.3) is 27.9 Å². The lowest BCUT2D eigenvalue weighted by Crippen LogP contribution is -1.93. The third kappa shape index (κ3) is 2.29. The van der Waals surface area contributed by atoms with Crippen LogP contribution in [0, 0.1) is 6.92 Å². The second-order valence-corrected chi connectivity index (χ2v) is 6.61. The summed E-state index contributed by atoms with van der Waals surface area (Å²) in [5, 5.41) is 4.38. The number of pyridine rings is 1. The summed E-state index contributed by atoms with van der Waals surface area (Å²) < 4.78 is 0. The lowest BCUT2D eigenvalue weighted by Gasteiger charge is -2.12. The van der Waals surface area contributed by atoms with Crippen LogP contribution in [0.5, 0.6) is 0 Å². The van der Waals surface area contributed by atoms with E-state index in [4.69, 9.17) is 0 Å². The zero-order valence-electron chi connectivity index (χ0n) is 12.0. The molecule has 0 fully saturated rings. The highest BCUT2D eigenvalue weighted by atomic mass is 32.1. The number of aromatic amines is 1. The molecule has 0 radical (unpaired) electrons. The second-order valence-electron chi connectivity index (χ2n) is 5.55. The maximum absolute atomic E-state index is 4.60. The van der Waals surface area contributed by atoms with Gasteiger partial charge in [0.05, 0.1) is 10.7 Å². The zero-order chi connectivity index (χ0) is 14.2. The minimum Gasteiger partial charge on any atom is -0.345 e. The van der Waals surface area contributed by atoms with Crippen molar-refractivity contribution in [2.24, 2.45) is 0 Å². The number of thiazole rings is 1. The zero-order valence-corrected chi connectivity index (χ0v) is 12.8. The maximum atomic E-state index is 4.60. The molecule has 0 aliphatic heterocycles. The number of aryl methyl sites for hydroxylation is 1. The van der Waals surface area contributed by atoms with Gasteiger partial charge in [-0.15, -0.1) is 11.3 Å². The first-order chi connectivity index (χ1) is 10.3. The molecular weight excluding hydrogens is 278 g/mol. The van der Waals surface area contributed by atoms with Crippen LogP contribution in [-0.2, 0) is 0 Å². The van der Waals surface area contributed by atoms with Gasteiger partial charge in [0.1, 0.15) is 5.65 Å². The van der Waals surface area contributed by atoms with Gasteiger partial charge in [0.25, 0.3) is 0 Å². The Morgan fingerprint density at radius 2 is 2.24 bits per heavy atom. The average molecular weight is 295 g/mol. The Bertz CT molecular complexity index is 826. The van der Waals surface area contributed by atoms with E-state index in [1.54, 1.807) is 11.3 Å². The van der Waals surface area contributed by atoms with Gasteiger partial charge in [-0.25, -0.2) is 9.97 Å². The first-order valence-electron chi connectivity index (χ1n) is 7.40. The molecule has 0 spiro atoms. The van der Waals surface area contributed by atoms with Crippen molar-refractivity contribution in [3.63, 3.8) is 0 Å². The molecule has 3 heterocycles. The molecule has 0 unspecified atom stereocenters. The fourth-order valence-corrected chi connectivity index (χ4v) is 3.59. The molecule has 0 atom stereocenters. The number of nitrogens with zero attached hydrogens (tertiary/aromatic N) is 2. The van der Waals surface area contributed by atoms with Crippen LogP contribution in [0.1, 0.15) is 36.3 Å². The Balaban J connectivity index is 1.84. The SMILES string of the molecule is Cc1nc(-c2c[nH]c3ncc(C4=CCCCC4)cc23)cs1. The molecule has 0 saturated carbocycles. The first-order valence-corrected chi connectivity index (χ1v) is 8.28. The highest BCUT2D eigenvalue weighted by Gasteiger charge is 2.13. The molecule has 106 valence electrons. The molecule has 0 bridgehead atoms. The van der Waals surface area contributed by atoms with Gasteiger partial charge in [0, 0.05) is 28.7 Å². The molecule has 0 amide bonds. The summed E-state index contributed by atoms with van der Waals surface area (Å²) in [5.74, 6) is 0. The largest absolute Gasteiger partial charge is 0.345 e. The van der Waals surface area contributed by atoms with Gasteiger partial charge in [-0.05, 0) is 49.8 Å². The topological polar surface area (TPSA) is 41.6 Å². The minimum atomic E-state index is 0.941. The third-order valence-corrected chi connectivity index (χ3v) is 4.86. The van der Waals surface area contributed by atoms with Gasteiger partial charge in [0.2, 0.25) is 0 Å². The van der Waals surface area contributed by atoms with Crippen molar-refractivity contribution >= 4 is 27.9 Å². The molecule has 3 aromatic heterocycles. The standard InChI is InChI=1S/C17H17N3S/c1-11-20-16(10-21-11)15-9-19-17-14(15)7-13(8-18-17)12-5-3-2-4-6-12/h5,7-10H,2-4,6H2,1H3,(H,18,19). The lowest BCUT2D eigenvalue weighted by molar-refractivity contribution is 0.742. The van der Waals surface area contributed by atoms with Crippen LogP contribution < -0.4 is 0 Å². The summed E-state index contributed by atoms with van der Waals surface area (Å²) in [6.07, 6.45) is 11.3. The minimum absolute atomic E-state index is 0.941. The van der Waals surface area contributed by atoms with E-state index in [1.165, 1.54) is 42.2 Å². The molecule has 21 heavy (non-hydrogen) atoms. The van der Waals surface area contributed by atoms with Gasteiger partial charge in [0.15, 0.2) is 0 Å². The van der Waals surface area contributed by atoms with Crippen LogP contribution in [0.15, 0.2) is 29.9 Å². The van der Waals surface area contributed by atoms with Crippen LogP contribution in [0.2, 0.25) is 0 Å². The Kier molecular flexibility index (Phi) is 3.11. The molecular formula is C17H17N3S. The van der Waals surface area contributed by atoms with E-state index >= 15 is 0 Å². The van der Waals surface area contributed by atoms with E-state index in [1.807, 2.05) is 19.3 Å². The number of rotatable bonds is 2. The molecule has 3 nitrogen and oxygen atoms in total.